The monoisotopic (exact) mass is 460 g/mol. The number of nitrogens with zero attached hydrogens (tertiary/aromatic N) is 1. The van der Waals surface area contributed by atoms with Crippen LogP contribution in [0, 0.1) is 11.7 Å². The molecule has 172 valence electrons. The fourth-order valence-electron chi connectivity index (χ4n) is 4.86. The minimum atomic E-state index is -0.389. The molecule has 0 saturated heterocycles. The van der Waals surface area contributed by atoms with Crippen molar-refractivity contribution in [2.75, 3.05) is 10.6 Å². The van der Waals surface area contributed by atoms with Gasteiger partial charge in [0, 0.05) is 35.3 Å². The van der Waals surface area contributed by atoms with Crippen LogP contribution in [0.4, 0.5) is 20.7 Å². The summed E-state index contributed by atoms with van der Waals surface area (Å²) in [5.41, 5.74) is 1.66. The van der Waals surface area contributed by atoms with E-state index in [9.17, 15) is 19.1 Å². The Kier molecular flexibility index (Phi) is 4.48. The molecule has 9 heteroatoms. The molecule has 1 aliphatic heterocycles. The first-order chi connectivity index (χ1) is 16.4. The molecule has 0 unspecified atom stereocenters. The molecule has 0 bridgehead atoms. The number of nitrogens with one attached hydrogen (secondary N) is 3. The van der Waals surface area contributed by atoms with E-state index >= 15 is 0 Å². The third-order valence-corrected chi connectivity index (χ3v) is 6.79. The van der Waals surface area contributed by atoms with Crippen LogP contribution in [-0.2, 0) is 11.2 Å². The molecule has 34 heavy (non-hydrogen) atoms. The molecule has 0 spiro atoms. The van der Waals surface area contributed by atoms with Gasteiger partial charge in [0.15, 0.2) is 0 Å². The summed E-state index contributed by atoms with van der Waals surface area (Å²) >= 11 is 0. The van der Waals surface area contributed by atoms with Gasteiger partial charge in [-0.25, -0.2) is 14.2 Å². The van der Waals surface area contributed by atoms with Crippen LogP contribution in [0.5, 0.6) is 17.2 Å². The molecular formula is C25H21FN4O4. The molecule has 3 aromatic rings. The number of rotatable bonds is 5. The number of benzene rings is 2. The maximum Gasteiger partial charge on any atom is 0.319 e. The molecule has 1 aromatic heterocycles. The van der Waals surface area contributed by atoms with E-state index in [2.05, 4.69) is 20.9 Å². The molecule has 2 saturated carbocycles. The van der Waals surface area contributed by atoms with Gasteiger partial charge in [-0.1, -0.05) is 0 Å². The molecule has 8 nitrogen and oxygen atoms in total. The normalized spacial score (nSPS) is 23.7. The first-order valence-electron chi connectivity index (χ1n) is 11.1. The number of ether oxygens (including phenoxy) is 1. The predicted octanol–water partition coefficient (Wildman–Crippen LogP) is 4.28. The molecule has 3 aliphatic rings. The van der Waals surface area contributed by atoms with Gasteiger partial charge in [0.05, 0.1) is 5.54 Å². The number of pyridine rings is 1. The van der Waals surface area contributed by atoms with Crippen LogP contribution in [-0.4, -0.2) is 27.6 Å². The van der Waals surface area contributed by atoms with Crippen molar-refractivity contribution in [3.63, 3.8) is 0 Å². The van der Waals surface area contributed by atoms with Crippen molar-refractivity contribution in [1.29, 1.82) is 0 Å². The molecule has 2 aliphatic carbocycles. The Morgan fingerprint density at radius 3 is 2.79 bits per heavy atom. The molecule has 3 atom stereocenters. The summed E-state index contributed by atoms with van der Waals surface area (Å²) in [6, 6.07) is 12.0. The maximum absolute atomic E-state index is 13.1. The fraction of sp³-hybridized carbons (Fsp3) is 0.240. The quantitative estimate of drug-likeness (QED) is 0.454. The Hall–Kier alpha value is -4.14. The Bertz CT molecular complexity index is 1330. The van der Waals surface area contributed by atoms with Gasteiger partial charge in [-0.15, -0.1) is 0 Å². The number of hydrogen-bond donors (Lipinski definition) is 4. The third kappa shape index (κ3) is 3.49. The summed E-state index contributed by atoms with van der Waals surface area (Å²) in [4.78, 5) is 28.3. The lowest BCUT2D eigenvalue weighted by Crippen LogP contribution is -2.36. The summed E-state index contributed by atoms with van der Waals surface area (Å²) in [6.45, 7) is 0. The highest BCUT2D eigenvalue weighted by molar-refractivity contribution is 5.93. The number of halogens is 1. The first-order valence-corrected chi connectivity index (χ1v) is 11.1. The molecule has 4 N–H and O–H groups in total. The van der Waals surface area contributed by atoms with E-state index in [1.54, 1.807) is 30.5 Å². The van der Waals surface area contributed by atoms with E-state index in [0.29, 0.717) is 41.4 Å². The summed E-state index contributed by atoms with van der Waals surface area (Å²) in [5, 5.41) is 19.0. The molecule has 2 aromatic carbocycles. The lowest BCUT2D eigenvalue weighted by molar-refractivity contribution is -0.116. The van der Waals surface area contributed by atoms with E-state index in [0.717, 1.165) is 12.0 Å². The van der Waals surface area contributed by atoms with Crippen molar-refractivity contribution < 1.29 is 23.8 Å². The molecule has 0 radical (unpaired) electrons. The fourth-order valence-corrected chi connectivity index (χ4v) is 4.86. The topological polar surface area (TPSA) is 113 Å². The van der Waals surface area contributed by atoms with Crippen molar-refractivity contribution >= 4 is 23.4 Å². The van der Waals surface area contributed by atoms with E-state index in [1.165, 1.54) is 24.3 Å². The number of urea groups is 1. The van der Waals surface area contributed by atoms with Gasteiger partial charge in [-0.2, -0.15) is 0 Å². The Balaban J connectivity index is 1.17. The number of carbonyl (C=O) groups is 2. The zero-order valence-electron chi connectivity index (χ0n) is 18.0. The van der Waals surface area contributed by atoms with Crippen LogP contribution in [0.15, 0.2) is 54.7 Å². The van der Waals surface area contributed by atoms with Gasteiger partial charge >= 0.3 is 6.03 Å². The minimum Gasteiger partial charge on any atom is -0.508 e. The number of fused-ring (bicyclic) bond motifs is 2. The largest absolute Gasteiger partial charge is 0.508 e. The van der Waals surface area contributed by atoms with Gasteiger partial charge in [-0.3, -0.25) is 4.79 Å². The maximum atomic E-state index is 13.1. The number of anilines is 2. The summed E-state index contributed by atoms with van der Waals surface area (Å²) < 4.78 is 19.2. The standard InChI is InChI=1S/C25H21FN4O4/c26-13-1-3-14(4-2-13)28-24(33)30-25-12-18(25)22(25)17-11-15(5-7-19(17)31)34-20-9-10-27-23-16(20)6-8-21(32)29-23/h1-5,7,9-11,18,22,31H,6,8,12H2,(H,27,29,32)(H2,28,30,33)/t18-,22+,25-/m0/s1. The van der Waals surface area contributed by atoms with Crippen LogP contribution >= 0.6 is 0 Å². The molecule has 6 rings (SSSR count). The van der Waals surface area contributed by atoms with Crippen molar-refractivity contribution in [3.8, 4) is 17.2 Å². The van der Waals surface area contributed by atoms with Gasteiger partial charge < -0.3 is 25.8 Å². The molecule has 2 fully saturated rings. The number of amides is 3. The molecule has 2 heterocycles. The van der Waals surface area contributed by atoms with Crippen LogP contribution < -0.4 is 20.7 Å². The van der Waals surface area contributed by atoms with E-state index in [-0.39, 0.29) is 40.9 Å². The summed E-state index contributed by atoms with van der Waals surface area (Å²) in [5.74, 6) is 1.60. The minimum absolute atomic E-state index is 0.0133. The number of aromatic nitrogens is 1. The molecular weight excluding hydrogens is 439 g/mol. The van der Waals surface area contributed by atoms with Crippen LogP contribution in [0.2, 0.25) is 0 Å². The number of aromatic hydroxyl groups is 1. The van der Waals surface area contributed by atoms with Crippen molar-refractivity contribution in [3.05, 3.63) is 71.7 Å². The van der Waals surface area contributed by atoms with Crippen molar-refractivity contribution in [1.82, 2.24) is 10.3 Å². The third-order valence-electron chi connectivity index (χ3n) is 6.79. The van der Waals surface area contributed by atoms with Crippen LogP contribution in [0.25, 0.3) is 0 Å². The Morgan fingerprint density at radius 2 is 2.00 bits per heavy atom. The van der Waals surface area contributed by atoms with Crippen LogP contribution in [0.3, 0.4) is 0 Å². The Labute approximate surface area is 194 Å². The van der Waals surface area contributed by atoms with Crippen molar-refractivity contribution in [2.24, 2.45) is 5.92 Å². The highest BCUT2D eigenvalue weighted by atomic mass is 19.1. The average Bonchev–Trinajstić information content (AvgIpc) is 3.67. The molecule has 3 amide bonds. The highest BCUT2D eigenvalue weighted by Gasteiger charge is 2.80. The second-order valence-electron chi connectivity index (χ2n) is 8.92. The zero-order valence-corrected chi connectivity index (χ0v) is 18.0. The number of hydrogen-bond acceptors (Lipinski definition) is 5. The smallest absolute Gasteiger partial charge is 0.319 e. The van der Waals surface area contributed by atoms with Gasteiger partial charge in [0.1, 0.15) is 28.9 Å². The highest BCUT2D eigenvalue weighted by Crippen LogP contribution is 2.77. The lowest BCUT2D eigenvalue weighted by Gasteiger charge is -2.20. The second-order valence-corrected chi connectivity index (χ2v) is 8.92. The average molecular weight is 460 g/mol. The van der Waals surface area contributed by atoms with Crippen LogP contribution in [0.1, 0.15) is 29.9 Å². The first kappa shape index (κ1) is 20.5. The van der Waals surface area contributed by atoms with Gasteiger partial charge in [-0.05, 0) is 67.3 Å². The second kappa shape index (κ2) is 7.44. The van der Waals surface area contributed by atoms with Crippen molar-refractivity contribution in [2.45, 2.75) is 30.7 Å². The predicted molar refractivity (Wildman–Crippen MR) is 122 cm³/mol. The summed E-state index contributed by atoms with van der Waals surface area (Å²) in [7, 11) is 0. The SMILES string of the molecule is O=C1CCc2c(Oc3ccc(O)c([C@@H]4[C@@H]5C[C@@]45NC(=O)Nc4ccc(F)cc4)c3)ccnc2N1. The van der Waals surface area contributed by atoms with E-state index < -0.39 is 0 Å². The van der Waals surface area contributed by atoms with Gasteiger partial charge in [0.2, 0.25) is 5.91 Å². The van der Waals surface area contributed by atoms with E-state index in [1.807, 2.05) is 0 Å². The number of carbonyl (C=O) groups excluding carboxylic acids is 2. The number of phenols is 1. The zero-order chi connectivity index (χ0) is 23.4. The summed E-state index contributed by atoms with van der Waals surface area (Å²) in [6.07, 6.45) is 3.32. The van der Waals surface area contributed by atoms with Gasteiger partial charge in [0.25, 0.3) is 0 Å². The lowest BCUT2D eigenvalue weighted by atomic mass is 9.99. The number of phenolic OH excluding ortho intramolecular Hbond substituents is 1. The Morgan fingerprint density at radius 1 is 1.18 bits per heavy atom. The van der Waals surface area contributed by atoms with E-state index in [4.69, 9.17) is 4.74 Å².